The maximum atomic E-state index is 12.6. The van der Waals surface area contributed by atoms with Crippen LogP contribution in [-0.4, -0.2) is 23.1 Å². The normalized spacial score (nSPS) is 15.0. The largest absolute Gasteiger partial charge is 0.493 e. The van der Waals surface area contributed by atoms with Gasteiger partial charge < -0.3 is 14.8 Å². The van der Waals surface area contributed by atoms with Gasteiger partial charge in [0.2, 0.25) is 0 Å². The molecule has 1 N–H and O–H groups in total. The van der Waals surface area contributed by atoms with Crippen LogP contribution in [0.2, 0.25) is 0 Å². The Morgan fingerprint density at radius 3 is 2.51 bits per heavy atom. The molecule has 0 aliphatic carbocycles. The van der Waals surface area contributed by atoms with Crippen molar-refractivity contribution in [2.45, 2.75) is 20.0 Å². The van der Waals surface area contributed by atoms with Gasteiger partial charge in [-0.2, -0.15) is 0 Å². The number of non-ortho nitro benzene ring substituents is 1. The van der Waals surface area contributed by atoms with E-state index in [4.69, 9.17) is 9.47 Å². The number of nitrogens with one attached hydrogen (secondary N) is 1. The Labute approximate surface area is 218 Å². The highest BCUT2D eigenvalue weighted by Crippen LogP contribution is 2.36. The second kappa shape index (κ2) is 11.6. The zero-order valence-corrected chi connectivity index (χ0v) is 21.2. The molecule has 1 aliphatic rings. The van der Waals surface area contributed by atoms with E-state index in [2.05, 4.69) is 16.9 Å². The van der Waals surface area contributed by atoms with Gasteiger partial charge in [-0.15, -0.1) is 6.58 Å². The van der Waals surface area contributed by atoms with Crippen LogP contribution in [0.1, 0.15) is 22.3 Å². The molecule has 1 heterocycles. The van der Waals surface area contributed by atoms with Gasteiger partial charge in [-0.3, -0.25) is 14.9 Å². The van der Waals surface area contributed by atoms with Crippen molar-refractivity contribution in [3.05, 3.63) is 111 Å². The average Bonchev–Trinajstić information content (AvgIpc) is 3.23. The van der Waals surface area contributed by atoms with Crippen molar-refractivity contribution in [1.82, 2.24) is 5.32 Å². The number of nitrogens with zero attached hydrogens (tertiary/aromatic N) is 2. The number of nitro benzene ring substituents is 1. The first-order valence-corrected chi connectivity index (χ1v) is 12.2. The highest BCUT2D eigenvalue weighted by molar-refractivity contribution is 8.18. The summed E-state index contributed by atoms with van der Waals surface area (Å²) in [5.74, 6) is 0.830. The minimum atomic E-state index is -0.441. The van der Waals surface area contributed by atoms with Crippen LogP contribution in [0.3, 0.4) is 0 Å². The van der Waals surface area contributed by atoms with E-state index in [1.165, 1.54) is 23.9 Å². The molecule has 37 heavy (non-hydrogen) atoms. The SMILES string of the molecule is C=CCc1cc(/C=C2/SC(=Nc3ccc(C)cc3)NC2=O)cc(OC)c1OCc1ccc([N+](=O)[O-])cc1. The van der Waals surface area contributed by atoms with Gasteiger partial charge >= 0.3 is 0 Å². The summed E-state index contributed by atoms with van der Waals surface area (Å²) < 4.78 is 11.7. The summed E-state index contributed by atoms with van der Waals surface area (Å²) in [6.45, 7) is 6.05. The van der Waals surface area contributed by atoms with E-state index in [0.717, 1.165) is 27.9 Å². The van der Waals surface area contributed by atoms with Gasteiger partial charge in [0.15, 0.2) is 16.7 Å². The number of ether oxygens (including phenoxy) is 2. The Kier molecular flexibility index (Phi) is 8.05. The number of rotatable bonds is 9. The molecular formula is C28H25N3O5S. The number of hydrogen-bond donors (Lipinski definition) is 1. The summed E-state index contributed by atoms with van der Waals surface area (Å²) in [6, 6.07) is 17.7. The summed E-state index contributed by atoms with van der Waals surface area (Å²) >= 11 is 1.27. The first-order valence-electron chi connectivity index (χ1n) is 11.4. The van der Waals surface area contributed by atoms with E-state index in [1.54, 1.807) is 37.5 Å². The van der Waals surface area contributed by atoms with Gasteiger partial charge in [0.25, 0.3) is 11.6 Å². The van der Waals surface area contributed by atoms with Crippen molar-refractivity contribution in [2.24, 2.45) is 4.99 Å². The van der Waals surface area contributed by atoms with Crippen LogP contribution in [-0.2, 0) is 17.8 Å². The van der Waals surface area contributed by atoms with Crippen LogP contribution >= 0.6 is 11.8 Å². The predicted molar refractivity (Wildman–Crippen MR) is 146 cm³/mol. The Bertz CT molecular complexity index is 1400. The summed E-state index contributed by atoms with van der Waals surface area (Å²) in [6.07, 6.45) is 4.06. The number of thioether (sulfide) groups is 1. The number of benzene rings is 3. The summed E-state index contributed by atoms with van der Waals surface area (Å²) in [4.78, 5) is 28.1. The maximum Gasteiger partial charge on any atom is 0.269 e. The monoisotopic (exact) mass is 515 g/mol. The molecule has 0 aromatic heterocycles. The third-order valence-electron chi connectivity index (χ3n) is 5.48. The molecule has 1 saturated heterocycles. The van der Waals surface area contributed by atoms with Gasteiger partial charge in [0, 0.05) is 17.7 Å². The number of methoxy groups -OCH3 is 1. The second-order valence-corrected chi connectivity index (χ2v) is 9.26. The minimum absolute atomic E-state index is 0.0203. The van der Waals surface area contributed by atoms with E-state index >= 15 is 0 Å². The van der Waals surface area contributed by atoms with Crippen LogP contribution in [0.25, 0.3) is 6.08 Å². The van der Waals surface area contributed by atoms with Crippen LogP contribution in [0, 0.1) is 17.0 Å². The molecule has 4 rings (SSSR count). The number of hydrogen-bond acceptors (Lipinski definition) is 7. The average molecular weight is 516 g/mol. The maximum absolute atomic E-state index is 12.6. The van der Waals surface area contributed by atoms with Crippen molar-refractivity contribution in [3.63, 3.8) is 0 Å². The van der Waals surface area contributed by atoms with Gasteiger partial charge in [-0.05, 0) is 78.7 Å². The van der Waals surface area contributed by atoms with Gasteiger partial charge in [-0.1, -0.05) is 23.8 Å². The van der Waals surface area contributed by atoms with Gasteiger partial charge in [-0.25, -0.2) is 4.99 Å². The van der Waals surface area contributed by atoms with Crippen LogP contribution in [0.15, 0.2) is 83.2 Å². The molecule has 3 aromatic rings. The highest BCUT2D eigenvalue weighted by atomic mass is 32.2. The molecule has 1 aliphatic heterocycles. The fraction of sp³-hybridized carbons (Fsp3) is 0.143. The molecule has 0 radical (unpaired) electrons. The lowest BCUT2D eigenvalue weighted by atomic mass is 10.0. The molecule has 9 heteroatoms. The zero-order valence-electron chi connectivity index (χ0n) is 20.4. The molecule has 1 fully saturated rings. The molecular weight excluding hydrogens is 490 g/mol. The number of carbonyl (C=O) groups is 1. The number of aliphatic imine (C=N–C) groups is 1. The van der Waals surface area contributed by atoms with Gasteiger partial charge in [0.1, 0.15) is 6.61 Å². The number of nitro groups is 1. The number of carbonyl (C=O) groups excluding carboxylic acids is 1. The third kappa shape index (κ3) is 6.45. The van der Waals surface area contributed by atoms with E-state index in [0.29, 0.717) is 28.0 Å². The minimum Gasteiger partial charge on any atom is -0.493 e. The number of aryl methyl sites for hydroxylation is 1. The number of allylic oxidation sites excluding steroid dienone is 1. The molecule has 0 spiro atoms. The molecule has 188 valence electrons. The Balaban J connectivity index is 1.57. The molecule has 0 atom stereocenters. The molecule has 3 aromatic carbocycles. The van der Waals surface area contributed by atoms with E-state index in [9.17, 15) is 14.9 Å². The fourth-order valence-electron chi connectivity index (χ4n) is 3.63. The fourth-order valence-corrected chi connectivity index (χ4v) is 4.47. The summed E-state index contributed by atoms with van der Waals surface area (Å²) in [5, 5.41) is 14.2. The van der Waals surface area contributed by atoms with Crippen molar-refractivity contribution >= 4 is 40.3 Å². The number of amidine groups is 1. The molecule has 0 saturated carbocycles. The van der Waals surface area contributed by atoms with Crippen molar-refractivity contribution in [3.8, 4) is 11.5 Å². The lowest BCUT2D eigenvalue weighted by molar-refractivity contribution is -0.384. The lowest BCUT2D eigenvalue weighted by Crippen LogP contribution is -2.19. The van der Waals surface area contributed by atoms with E-state index < -0.39 is 4.92 Å². The van der Waals surface area contributed by atoms with E-state index in [1.807, 2.05) is 37.3 Å². The molecule has 0 bridgehead atoms. The first kappa shape index (κ1) is 25.7. The van der Waals surface area contributed by atoms with Crippen LogP contribution < -0.4 is 14.8 Å². The molecule has 0 unspecified atom stereocenters. The van der Waals surface area contributed by atoms with Crippen LogP contribution in [0.4, 0.5) is 11.4 Å². The Morgan fingerprint density at radius 1 is 1.14 bits per heavy atom. The van der Waals surface area contributed by atoms with Crippen LogP contribution in [0.5, 0.6) is 11.5 Å². The second-order valence-electron chi connectivity index (χ2n) is 8.23. The summed E-state index contributed by atoms with van der Waals surface area (Å²) in [5.41, 5.74) is 4.30. The quantitative estimate of drug-likeness (QED) is 0.160. The first-order chi connectivity index (χ1) is 17.9. The highest BCUT2D eigenvalue weighted by Gasteiger charge is 2.24. The number of amides is 1. The smallest absolute Gasteiger partial charge is 0.269 e. The predicted octanol–water partition coefficient (Wildman–Crippen LogP) is 6.11. The zero-order chi connectivity index (χ0) is 26.4. The molecule has 1 amide bonds. The molecule has 8 nitrogen and oxygen atoms in total. The van der Waals surface area contributed by atoms with Crippen molar-refractivity contribution < 1.29 is 19.2 Å². The van der Waals surface area contributed by atoms with Crippen molar-refractivity contribution in [1.29, 1.82) is 0 Å². The van der Waals surface area contributed by atoms with E-state index in [-0.39, 0.29) is 18.2 Å². The lowest BCUT2D eigenvalue weighted by Gasteiger charge is -2.16. The standard InChI is InChI=1S/C28H25N3O5S/c1-4-5-21-14-20(16-25-27(32)30-28(37-25)29-22-10-6-18(2)7-11-22)15-24(35-3)26(21)36-17-19-8-12-23(13-9-19)31(33)34/h4,6-16H,1,5,17H2,2-3H3,(H,29,30,32)/b25-16+. The summed E-state index contributed by atoms with van der Waals surface area (Å²) in [7, 11) is 1.55. The van der Waals surface area contributed by atoms with Crippen molar-refractivity contribution in [2.75, 3.05) is 7.11 Å². The van der Waals surface area contributed by atoms with Gasteiger partial charge in [0.05, 0.1) is 22.6 Å². The third-order valence-corrected chi connectivity index (χ3v) is 6.39. The topological polar surface area (TPSA) is 103 Å². The Hall–Kier alpha value is -4.37. The Morgan fingerprint density at radius 2 is 1.86 bits per heavy atom.